The first-order valence-electron chi connectivity index (χ1n) is 6.57. The highest BCUT2D eigenvalue weighted by Crippen LogP contribution is 2.27. The van der Waals surface area contributed by atoms with E-state index in [1.165, 1.54) is 12.8 Å². The van der Waals surface area contributed by atoms with E-state index in [9.17, 15) is 0 Å². The molecule has 19 heavy (non-hydrogen) atoms. The van der Waals surface area contributed by atoms with Crippen LogP contribution in [0.3, 0.4) is 0 Å². The molecule has 2 heterocycles. The number of pyridine rings is 1. The molecule has 2 aromatic rings. The van der Waals surface area contributed by atoms with Crippen LogP contribution in [0.5, 0.6) is 0 Å². The largest absolute Gasteiger partial charge is 0.308 e. The van der Waals surface area contributed by atoms with Gasteiger partial charge in [-0.15, -0.1) is 0 Å². The molecular formula is C14H17N5. The number of nitrogen functional groups attached to an aromatic ring is 1. The molecule has 0 spiro atoms. The molecular weight excluding hydrogens is 238 g/mol. The van der Waals surface area contributed by atoms with Crippen molar-refractivity contribution in [2.75, 3.05) is 5.43 Å². The van der Waals surface area contributed by atoms with Gasteiger partial charge in [-0.1, -0.05) is 0 Å². The first-order valence-corrected chi connectivity index (χ1v) is 6.57. The first kappa shape index (κ1) is 12.0. The maximum absolute atomic E-state index is 5.59. The molecule has 3 N–H and O–H groups in total. The Bertz CT molecular complexity index is 574. The Morgan fingerprint density at radius 2 is 2.00 bits per heavy atom. The Morgan fingerprint density at radius 1 is 1.16 bits per heavy atom. The van der Waals surface area contributed by atoms with Gasteiger partial charge in [-0.2, -0.15) is 0 Å². The van der Waals surface area contributed by atoms with Gasteiger partial charge in [-0.25, -0.2) is 15.8 Å². The molecule has 0 saturated carbocycles. The minimum Gasteiger partial charge on any atom is -0.308 e. The lowest BCUT2D eigenvalue weighted by Crippen LogP contribution is -2.17. The number of hydrogen-bond donors (Lipinski definition) is 2. The molecule has 98 valence electrons. The van der Waals surface area contributed by atoms with Gasteiger partial charge in [0.25, 0.3) is 0 Å². The normalized spacial score (nSPS) is 14.0. The van der Waals surface area contributed by atoms with Gasteiger partial charge in [0.2, 0.25) is 0 Å². The van der Waals surface area contributed by atoms with Gasteiger partial charge in [0.1, 0.15) is 5.82 Å². The maximum atomic E-state index is 5.59. The van der Waals surface area contributed by atoms with E-state index >= 15 is 0 Å². The van der Waals surface area contributed by atoms with Crippen molar-refractivity contribution in [1.29, 1.82) is 0 Å². The quantitative estimate of drug-likeness (QED) is 0.634. The van der Waals surface area contributed by atoms with Crippen LogP contribution < -0.4 is 11.3 Å². The van der Waals surface area contributed by atoms with Gasteiger partial charge in [-0.05, 0) is 44.7 Å². The van der Waals surface area contributed by atoms with Crippen LogP contribution in [0, 0.1) is 6.92 Å². The molecule has 2 aromatic heterocycles. The van der Waals surface area contributed by atoms with Crippen LogP contribution in [0.2, 0.25) is 0 Å². The molecule has 0 atom stereocenters. The second-order valence-electron chi connectivity index (χ2n) is 4.86. The fraction of sp³-hybridized carbons (Fsp3) is 0.357. The number of nitrogens with zero attached hydrogens (tertiary/aromatic N) is 3. The van der Waals surface area contributed by atoms with Gasteiger partial charge in [-0.3, -0.25) is 4.98 Å². The second kappa shape index (κ2) is 4.93. The summed E-state index contributed by atoms with van der Waals surface area (Å²) in [6, 6.07) is 3.96. The fourth-order valence-corrected chi connectivity index (χ4v) is 2.44. The monoisotopic (exact) mass is 255 g/mol. The SMILES string of the molecule is Cc1ccc(-c2nc3c(c(NN)n2)CCCC3)cn1. The summed E-state index contributed by atoms with van der Waals surface area (Å²) >= 11 is 0. The molecule has 1 aliphatic rings. The van der Waals surface area contributed by atoms with Crippen molar-refractivity contribution in [2.24, 2.45) is 5.84 Å². The van der Waals surface area contributed by atoms with Gasteiger partial charge in [0.15, 0.2) is 5.82 Å². The average molecular weight is 255 g/mol. The van der Waals surface area contributed by atoms with E-state index in [4.69, 9.17) is 5.84 Å². The molecule has 5 heteroatoms. The highest BCUT2D eigenvalue weighted by atomic mass is 15.3. The van der Waals surface area contributed by atoms with E-state index in [0.717, 1.165) is 41.2 Å². The van der Waals surface area contributed by atoms with Crippen LogP contribution in [-0.4, -0.2) is 15.0 Å². The summed E-state index contributed by atoms with van der Waals surface area (Å²) in [6.07, 6.45) is 6.16. The van der Waals surface area contributed by atoms with Crippen LogP contribution in [-0.2, 0) is 12.8 Å². The van der Waals surface area contributed by atoms with E-state index in [0.29, 0.717) is 5.82 Å². The van der Waals surface area contributed by atoms with E-state index in [1.54, 1.807) is 6.20 Å². The number of hydrazine groups is 1. The van der Waals surface area contributed by atoms with E-state index in [2.05, 4.69) is 20.4 Å². The molecule has 0 aromatic carbocycles. The van der Waals surface area contributed by atoms with Crippen LogP contribution in [0.1, 0.15) is 29.8 Å². The number of aryl methyl sites for hydroxylation is 2. The van der Waals surface area contributed by atoms with Crippen molar-refractivity contribution in [3.63, 3.8) is 0 Å². The van der Waals surface area contributed by atoms with Crippen LogP contribution in [0.25, 0.3) is 11.4 Å². The minimum absolute atomic E-state index is 0.695. The Labute approximate surface area is 112 Å². The second-order valence-corrected chi connectivity index (χ2v) is 4.86. The number of nitrogens with one attached hydrogen (secondary N) is 1. The summed E-state index contributed by atoms with van der Waals surface area (Å²) in [5, 5.41) is 0. The summed E-state index contributed by atoms with van der Waals surface area (Å²) < 4.78 is 0. The Hall–Kier alpha value is -2.01. The highest BCUT2D eigenvalue weighted by Gasteiger charge is 2.17. The molecule has 0 unspecified atom stereocenters. The Morgan fingerprint density at radius 3 is 2.74 bits per heavy atom. The molecule has 1 aliphatic carbocycles. The van der Waals surface area contributed by atoms with Crippen molar-refractivity contribution < 1.29 is 0 Å². The molecule has 0 saturated heterocycles. The predicted molar refractivity (Wildman–Crippen MR) is 74.5 cm³/mol. The molecule has 0 aliphatic heterocycles. The third-order valence-corrected chi connectivity index (χ3v) is 3.49. The molecule has 0 radical (unpaired) electrons. The molecule has 0 bridgehead atoms. The lowest BCUT2D eigenvalue weighted by molar-refractivity contribution is 0.665. The Balaban J connectivity index is 2.09. The maximum Gasteiger partial charge on any atom is 0.163 e. The molecule has 0 fully saturated rings. The van der Waals surface area contributed by atoms with Gasteiger partial charge in [0, 0.05) is 28.7 Å². The number of hydrogen-bond acceptors (Lipinski definition) is 5. The summed E-state index contributed by atoms with van der Waals surface area (Å²) in [4.78, 5) is 13.5. The lowest BCUT2D eigenvalue weighted by atomic mass is 9.96. The zero-order valence-corrected chi connectivity index (χ0v) is 11.0. The lowest BCUT2D eigenvalue weighted by Gasteiger charge is -2.18. The van der Waals surface area contributed by atoms with Gasteiger partial charge >= 0.3 is 0 Å². The number of rotatable bonds is 2. The van der Waals surface area contributed by atoms with Gasteiger partial charge in [0.05, 0.1) is 0 Å². The summed E-state index contributed by atoms with van der Waals surface area (Å²) in [6.45, 7) is 1.96. The predicted octanol–water partition coefficient (Wildman–Crippen LogP) is 2.01. The number of aromatic nitrogens is 3. The fourth-order valence-electron chi connectivity index (χ4n) is 2.44. The topological polar surface area (TPSA) is 76.7 Å². The van der Waals surface area contributed by atoms with E-state index in [-0.39, 0.29) is 0 Å². The molecule has 0 amide bonds. The van der Waals surface area contributed by atoms with Crippen molar-refractivity contribution in [3.05, 3.63) is 35.3 Å². The third-order valence-electron chi connectivity index (χ3n) is 3.49. The van der Waals surface area contributed by atoms with Crippen molar-refractivity contribution >= 4 is 5.82 Å². The van der Waals surface area contributed by atoms with E-state index < -0.39 is 0 Å². The first-order chi connectivity index (χ1) is 9.28. The number of nitrogens with two attached hydrogens (primary N) is 1. The minimum atomic E-state index is 0.695. The Kier molecular flexibility index (Phi) is 3.13. The van der Waals surface area contributed by atoms with Gasteiger partial charge < -0.3 is 5.43 Å². The number of fused-ring (bicyclic) bond motifs is 1. The number of anilines is 1. The van der Waals surface area contributed by atoms with E-state index in [1.807, 2.05) is 19.1 Å². The van der Waals surface area contributed by atoms with Crippen molar-refractivity contribution in [2.45, 2.75) is 32.6 Å². The standard InChI is InChI=1S/C14H17N5/c1-9-6-7-10(8-16-9)13-17-12-5-3-2-4-11(12)14(18-13)19-15/h6-8H,2-5,15H2,1H3,(H,17,18,19). The molecule has 3 rings (SSSR count). The van der Waals surface area contributed by atoms with Crippen LogP contribution in [0.4, 0.5) is 5.82 Å². The van der Waals surface area contributed by atoms with Crippen LogP contribution in [0.15, 0.2) is 18.3 Å². The van der Waals surface area contributed by atoms with Crippen LogP contribution >= 0.6 is 0 Å². The molecule has 5 nitrogen and oxygen atoms in total. The highest BCUT2D eigenvalue weighted by molar-refractivity contribution is 5.59. The summed E-state index contributed by atoms with van der Waals surface area (Å²) in [5.74, 6) is 7.03. The summed E-state index contributed by atoms with van der Waals surface area (Å²) in [5.41, 5.74) is 6.90. The van der Waals surface area contributed by atoms with Crippen molar-refractivity contribution in [3.8, 4) is 11.4 Å². The zero-order chi connectivity index (χ0) is 13.2. The summed E-state index contributed by atoms with van der Waals surface area (Å²) in [7, 11) is 0. The third kappa shape index (κ3) is 2.29. The van der Waals surface area contributed by atoms with Crippen molar-refractivity contribution in [1.82, 2.24) is 15.0 Å². The zero-order valence-electron chi connectivity index (χ0n) is 11.0. The average Bonchev–Trinajstić information content (AvgIpc) is 2.47. The smallest absolute Gasteiger partial charge is 0.163 e.